The van der Waals surface area contributed by atoms with Crippen LogP contribution in [0.2, 0.25) is 0 Å². The summed E-state index contributed by atoms with van der Waals surface area (Å²) < 4.78 is 27.6. The zero-order valence-corrected chi connectivity index (χ0v) is 11.0. The second-order valence-electron chi connectivity index (χ2n) is 4.31. The van der Waals surface area contributed by atoms with Crippen molar-refractivity contribution < 1.29 is 12.9 Å². The van der Waals surface area contributed by atoms with Crippen LogP contribution in [0.4, 0.5) is 5.88 Å². The Hall–Kier alpha value is -1.82. The summed E-state index contributed by atoms with van der Waals surface area (Å²) in [6.45, 7) is 1.95. The minimum absolute atomic E-state index is 0.138. The van der Waals surface area contributed by atoms with Crippen molar-refractivity contribution in [2.75, 3.05) is 12.0 Å². The van der Waals surface area contributed by atoms with E-state index in [4.69, 9.17) is 10.3 Å². The van der Waals surface area contributed by atoms with E-state index in [0.29, 0.717) is 11.3 Å². The molecule has 0 spiro atoms. The fourth-order valence-corrected chi connectivity index (χ4v) is 2.49. The number of aryl methyl sites for hydroxylation is 1. The maximum atomic E-state index is 11.3. The zero-order valence-electron chi connectivity index (χ0n) is 10.2. The van der Waals surface area contributed by atoms with Gasteiger partial charge in [-0.2, -0.15) is 0 Å². The number of hydrogen-bond acceptors (Lipinski definition) is 5. The molecule has 0 fully saturated rings. The molecule has 18 heavy (non-hydrogen) atoms. The van der Waals surface area contributed by atoms with Gasteiger partial charge < -0.3 is 10.3 Å². The fraction of sp³-hybridized carbons (Fsp3) is 0.250. The SMILES string of the molecule is Cc1cccc(-c2c(CS(C)(=O)=O)noc2N)c1. The predicted octanol–water partition coefficient (Wildman–Crippen LogP) is 1.78. The molecule has 6 heteroatoms. The average molecular weight is 266 g/mol. The van der Waals surface area contributed by atoms with E-state index in [1.807, 2.05) is 31.2 Å². The third-order valence-electron chi connectivity index (χ3n) is 2.49. The van der Waals surface area contributed by atoms with Crippen LogP contribution in [0.5, 0.6) is 0 Å². The van der Waals surface area contributed by atoms with Gasteiger partial charge in [0.15, 0.2) is 9.84 Å². The number of anilines is 1. The van der Waals surface area contributed by atoms with Crippen LogP contribution in [0.25, 0.3) is 11.1 Å². The molecule has 0 amide bonds. The number of nitrogen functional groups attached to an aromatic ring is 1. The van der Waals surface area contributed by atoms with Crippen LogP contribution >= 0.6 is 0 Å². The largest absolute Gasteiger partial charge is 0.367 e. The van der Waals surface area contributed by atoms with Gasteiger partial charge in [0, 0.05) is 6.26 Å². The van der Waals surface area contributed by atoms with Crippen molar-refractivity contribution >= 4 is 15.7 Å². The minimum Gasteiger partial charge on any atom is -0.367 e. The van der Waals surface area contributed by atoms with Crippen molar-refractivity contribution in [3.05, 3.63) is 35.5 Å². The number of hydrogen-bond donors (Lipinski definition) is 1. The molecule has 5 nitrogen and oxygen atoms in total. The minimum atomic E-state index is -3.18. The highest BCUT2D eigenvalue weighted by Crippen LogP contribution is 2.31. The van der Waals surface area contributed by atoms with Gasteiger partial charge in [0.1, 0.15) is 5.69 Å². The highest BCUT2D eigenvalue weighted by molar-refractivity contribution is 7.89. The van der Waals surface area contributed by atoms with Gasteiger partial charge in [0.05, 0.1) is 11.3 Å². The molecule has 2 N–H and O–H groups in total. The fourth-order valence-electron chi connectivity index (χ4n) is 1.79. The number of nitrogens with two attached hydrogens (primary N) is 1. The summed E-state index contributed by atoms with van der Waals surface area (Å²) in [5.74, 6) is -0.0454. The Morgan fingerprint density at radius 2 is 2.11 bits per heavy atom. The van der Waals surface area contributed by atoms with Crippen molar-refractivity contribution in [3.63, 3.8) is 0 Å². The molecule has 96 valence electrons. The summed E-state index contributed by atoms with van der Waals surface area (Å²) in [6, 6.07) is 7.58. The van der Waals surface area contributed by atoms with Crippen LogP contribution in [0.1, 0.15) is 11.3 Å². The molecule has 1 aromatic heterocycles. The van der Waals surface area contributed by atoms with Crippen molar-refractivity contribution in [2.45, 2.75) is 12.7 Å². The quantitative estimate of drug-likeness (QED) is 0.915. The van der Waals surface area contributed by atoms with Crippen LogP contribution in [0.3, 0.4) is 0 Å². The zero-order chi connectivity index (χ0) is 13.3. The standard InChI is InChI=1S/C12H14N2O3S/c1-8-4-3-5-9(6-8)11-10(7-18(2,15)16)14-17-12(11)13/h3-6H,7,13H2,1-2H3. The third kappa shape index (κ3) is 2.70. The first kappa shape index (κ1) is 12.6. The molecule has 0 unspecified atom stereocenters. The second-order valence-corrected chi connectivity index (χ2v) is 6.45. The molecule has 2 aromatic rings. The number of rotatable bonds is 3. The molecule has 0 atom stereocenters. The van der Waals surface area contributed by atoms with E-state index in [9.17, 15) is 8.42 Å². The summed E-state index contributed by atoms with van der Waals surface area (Å²) >= 11 is 0. The van der Waals surface area contributed by atoms with E-state index >= 15 is 0 Å². The summed E-state index contributed by atoms with van der Waals surface area (Å²) in [7, 11) is -3.18. The first-order chi connectivity index (χ1) is 8.37. The van der Waals surface area contributed by atoms with Gasteiger partial charge in [-0.25, -0.2) is 8.42 Å². The van der Waals surface area contributed by atoms with Crippen LogP contribution in [-0.2, 0) is 15.6 Å². The average Bonchev–Trinajstić information content (AvgIpc) is 2.57. The van der Waals surface area contributed by atoms with Crippen LogP contribution in [0.15, 0.2) is 28.8 Å². The first-order valence-corrected chi connectivity index (χ1v) is 7.41. The lowest BCUT2D eigenvalue weighted by molar-refractivity contribution is 0.430. The number of aromatic nitrogens is 1. The molecular formula is C12H14N2O3S. The molecule has 1 heterocycles. The molecule has 0 saturated carbocycles. The molecule has 2 rings (SSSR count). The lowest BCUT2D eigenvalue weighted by Crippen LogP contribution is -2.02. The molecule has 1 aromatic carbocycles. The normalized spacial score (nSPS) is 11.7. The van der Waals surface area contributed by atoms with Crippen LogP contribution in [-0.4, -0.2) is 19.8 Å². The Kier molecular flexibility index (Phi) is 3.13. The van der Waals surface area contributed by atoms with E-state index in [-0.39, 0.29) is 11.6 Å². The number of sulfone groups is 1. The van der Waals surface area contributed by atoms with Crippen molar-refractivity contribution in [3.8, 4) is 11.1 Å². The van der Waals surface area contributed by atoms with Crippen LogP contribution < -0.4 is 5.73 Å². The molecule has 0 aliphatic rings. The molecule has 0 radical (unpaired) electrons. The second kappa shape index (κ2) is 4.45. The van der Waals surface area contributed by atoms with Gasteiger partial charge in [0.2, 0.25) is 5.88 Å². The number of nitrogens with zero attached hydrogens (tertiary/aromatic N) is 1. The summed E-state index contributed by atoms with van der Waals surface area (Å²) in [6.07, 6.45) is 1.15. The van der Waals surface area contributed by atoms with E-state index in [1.54, 1.807) is 0 Å². The number of benzene rings is 1. The lowest BCUT2D eigenvalue weighted by Gasteiger charge is -2.03. The van der Waals surface area contributed by atoms with E-state index in [1.165, 1.54) is 0 Å². The molecule has 0 bridgehead atoms. The monoisotopic (exact) mass is 266 g/mol. The van der Waals surface area contributed by atoms with Crippen molar-refractivity contribution in [1.82, 2.24) is 5.16 Å². The van der Waals surface area contributed by atoms with Gasteiger partial charge in [-0.05, 0) is 12.5 Å². The lowest BCUT2D eigenvalue weighted by atomic mass is 10.0. The summed E-state index contributed by atoms with van der Waals surface area (Å²) in [5.41, 5.74) is 8.49. The molecule has 0 aliphatic carbocycles. The van der Waals surface area contributed by atoms with Gasteiger partial charge in [0.25, 0.3) is 0 Å². The predicted molar refractivity (Wildman–Crippen MR) is 69.6 cm³/mol. The smallest absolute Gasteiger partial charge is 0.230 e. The highest BCUT2D eigenvalue weighted by Gasteiger charge is 2.19. The van der Waals surface area contributed by atoms with E-state index in [2.05, 4.69) is 5.16 Å². The Bertz CT molecular complexity index is 674. The first-order valence-electron chi connectivity index (χ1n) is 5.35. The van der Waals surface area contributed by atoms with Gasteiger partial charge in [-0.3, -0.25) is 0 Å². The summed E-state index contributed by atoms with van der Waals surface area (Å²) in [4.78, 5) is 0. The Balaban J connectivity index is 2.54. The Morgan fingerprint density at radius 3 is 2.72 bits per heavy atom. The molecule has 0 aliphatic heterocycles. The third-order valence-corrected chi connectivity index (χ3v) is 3.29. The topological polar surface area (TPSA) is 86.2 Å². The Labute approximate surface area is 106 Å². The highest BCUT2D eigenvalue weighted by atomic mass is 32.2. The molecule has 0 saturated heterocycles. The summed E-state index contributed by atoms with van der Waals surface area (Å²) in [5, 5.41) is 3.73. The van der Waals surface area contributed by atoms with Crippen molar-refractivity contribution in [2.24, 2.45) is 0 Å². The Morgan fingerprint density at radius 1 is 1.39 bits per heavy atom. The van der Waals surface area contributed by atoms with Gasteiger partial charge >= 0.3 is 0 Å². The van der Waals surface area contributed by atoms with Gasteiger partial charge in [-0.15, -0.1) is 0 Å². The molecular weight excluding hydrogens is 252 g/mol. The van der Waals surface area contributed by atoms with Gasteiger partial charge in [-0.1, -0.05) is 35.0 Å². The van der Waals surface area contributed by atoms with Crippen molar-refractivity contribution in [1.29, 1.82) is 0 Å². The maximum absolute atomic E-state index is 11.3. The van der Waals surface area contributed by atoms with E-state index in [0.717, 1.165) is 17.4 Å². The van der Waals surface area contributed by atoms with E-state index < -0.39 is 9.84 Å². The van der Waals surface area contributed by atoms with Crippen LogP contribution in [0, 0.1) is 6.92 Å². The maximum Gasteiger partial charge on any atom is 0.230 e.